The van der Waals surface area contributed by atoms with Crippen molar-refractivity contribution in [2.45, 2.75) is 30.9 Å². The molecule has 2 saturated heterocycles. The van der Waals surface area contributed by atoms with Crippen LogP contribution in [0.5, 0.6) is 0 Å². The molecule has 14 heavy (non-hydrogen) atoms. The topological polar surface area (TPSA) is 41.5 Å². The Hall–Kier alpha value is 0.230. The summed E-state index contributed by atoms with van der Waals surface area (Å²) in [6.45, 7) is 2.42. The highest BCUT2D eigenvalue weighted by Crippen LogP contribution is 2.26. The monoisotopic (exact) mass is 217 g/mol. The molecule has 2 fully saturated rings. The second-order valence-electron chi connectivity index (χ2n) is 4.28. The van der Waals surface area contributed by atoms with Gasteiger partial charge in [0, 0.05) is 19.2 Å². The summed E-state index contributed by atoms with van der Waals surface area (Å²) in [4.78, 5) is 0. The van der Waals surface area contributed by atoms with E-state index in [4.69, 9.17) is 4.74 Å². The first kappa shape index (κ1) is 10.7. The molecule has 0 aromatic heterocycles. The standard InChI is InChI=1S/C10H19NO2S/c12-10(2-5-14-6-3-10)8-11-9-1-4-13-7-9/h9,11-12H,1-8H2. The fourth-order valence-corrected chi connectivity index (χ4v) is 3.21. The number of aliphatic hydroxyl groups is 1. The molecule has 82 valence electrons. The molecule has 0 amide bonds. The molecule has 0 bridgehead atoms. The van der Waals surface area contributed by atoms with Crippen molar-refractivity contribution in [3.05, 3.63) is 0 Å². The number of rotatable bonds is 3. The van der Waals surface area contributed by atoms with E-state index in [2.05, 4.69) is 5.32 Å². The van der Waals surface area contributed by atoms with Crippen molar-refractivity contribution < 1.29 is 9.84 Å². The Labute approximate surface area is 89.6 Å². The lowest BCUT2D eigenvalue weighted by Crippen LogP contribution is -2.46. The van der Waals surface area contributed by atoms with Crippen molar-refractivity contribution in [1.82, 2.24) is 5.32 Å². The molecule has 0 saturated carbocycles. The predicted molar refractivity (Wildman–Crippen MR) is 58.7 cm³/mol. The molecular weight excluding hydrogens is 198 g/mol. The summed E-state index contributed by atoms with van der Waals surface area (Å²) in [5.74, 6) is 2.19. The highest BCUT2D eigenvalue weighted by Gasteiger charge is 2.30. The lowest BCUT2D eigenvalue weighted by Gasteiger charge is -2.32. The van der Waals surface area contributed by atoms with Crippen LogP contribution in [0.3, 0.4) is 0 Å². The Morgan fingerprint density at radius 1 is 1.43 bits per heavy atom. The predicted octanol–water partition coefficient (Wildman–Crippen LogP) is 0.623. The third kappa shape index (κ3) is 2.86. The van der Waals surface area contributed by atoms with Gasteiger partial charge in [-0.25, -0.2) is 0 Å². The average Bonchev–Trinajstić information content (AvgIpc) is 2.69. The van der Waals surface area contributed by atoms with E-state index < -0.39 is 5.60 Å². The Morgan fingerprint density at radius 2 is 2.21 bits per heavy atom. The van der Waals surface area contributed by atoms with Crippen LogP contribution >= 0.6 is 11.8 Å². The zero-order valence-electron chi connectivity index (χ0n) is 8.50. The molecule has 2 heterocycles. The van der Waals surface area contributed by atoms with Gasteiger partial charge in [-0.3, -0.25) is 0 Å². The average molecular weight is 217 g/mol. The van der Waals surface area contributed by atoms with E-state index >= 15 is 0 Å². The molecule has 2 N–H and O–H groups in total. The molecule has 4 heteroatoms. The van der Waals surface area contributed by atoms with Crippen molar-refractivity contribution in [3.63, 3.8) is 0 Å². The molecule has 0 aromatic rings. The lowest BCUT2D eigenvalue weighted by molar-refractivity contribution is 0.0292. The maximum atomic E-state index is 10.2. The smallest absolute Gasteiger partial charge is 0.0787 e. The van der Waals surface area contributed by atoms with Crippen LogP contribution in [-0.2, 0) is 4.74 Å². The zero-order chi connectivity index (χ0) is 9.86. The molecule has 0 spiro atoms. The van der Waals surface area contributed by atoms with Crippen LogP contribution in [0.4, 0.5) is 0 Å². The van der Waals surface area contributed by atoms with E-state index in [0.717, 1.165) is 50.5 Å². The highest BCUT2D eigenvalue weighted by atomic mass is 32.2. The number of nitrogens with one attached hydrogen (secondary N) is 1. The van der Waals surface area contributed by atoms with Gasteiger partial charge in [0.25, 0.3) is 0 Å². The first-order valence-electron chi connectivity index (χ1n) is 5.40. The number of ether oxygens (including phenoxy) is 1. The van der Waals surface area contributed by atoms with Crippen LogP contribution in [-0.4, -0.2) is 48.0 Å². The summed E-state index contributed by atoms with van der Waals surface area (Å²) in [6, 6.07) is 0.466. The molecule has 1 unspecified atom stereocenters. The van der Waals surface area contributed by atoms with Gasteiger partial charge in [-0.1, -0.05) is 0 Å². The van der Waals surface area contributed by atoms with Crippen molar-refractivity contribution in [1.29, 1.82) is 0 Å². The maximum Gasteiger partial charge on any atom is 0.0787 e. The molecule has 2 rings (SSSR count). The van der Waals surface area contributed by atoms with Gasteiger partial charge in [0.1, 0.15) is 0 Å². The maximum absolute atomic E-state index is 10.2. The molecule has 0 aliphatic carbocycles. The number of hydrogen-bond donors (Lipinski definition) is 2. The fourth-order valence-electron chi connectivity index (χ4n) is 1.96. The van der Waals surface area contributed by atoms with Crippen LogP contribution in [0.2, 0.25) is 0 Å². The van der Waals surface area contributed by atoms with Gasteiger partial charge in [0.05, 0.1) is 12.2 Å². The van der Waals surface area contributed by atoms with E-state index in [1.54, 1.807) is 0 Å². The summed E-state index contributed by atoms with van der Waals surface area (Å²) in [7, 11) is 0. The summed E-state index contributed by atoms with van der Waals surface area (Å²) in [5, 5.41) is 13.6. The molecule has 0 aromatic carbocycles. The summed E-state index contributed by atoms with van der Waals surface area (Å²) >= 11 is 1.94. The Bertz CT molecular complexity index is 177. The largest absolute Gasteiger partial charge is 0.389 e. The fraction of sp³-hybridized carbons (Fsp3) is 1.00. The third-order valence-electron chi connectivity index (χ3n) is 3.07. The van der Waals surface area contributed by atoms with E-state index in [9.17, 15) is 5.11 Å². The first-order chi connectivity index (χ1) is 6.79. The van der Waals surface area contributed by atoms with Crippen molar-refractivity contribution in [2.75, 3.05) is 31.3 Å². The van der Waals surface area contributed by atoms with E-state index in [0.29, 0.717) is 6.04 Å². The van der Waals surface area contributed by atoms with Gasteiger partial charge in [-0.15, -0.1) is 0 Å². The summed E-state index contributed by atoms with van der Waals surface area (Å²) < 4.78 is 5.28. The number of hydrogen-bond acceptors (Lipinski definition) is 4. The van der Waals surface area contributed by atoms with E-state index in [-0.39, 0.29) is 0 Å². The van der Waals surface area contributed by atoms with Gasteiger partial charge < -0.3 is 15.2 Å². The lowest BCUT2D eigenvalue weighted by atomic mass is 9.96. The van der Waals surface area contributed by atoms with Gasteiger partial charge >= 0.3 is 0 Å². The van der Waals surface area contributed by atoms with Crippen molar-refractivity contribution in [2.24, 2.45) is 0 Å². The SMILES string of the molecule is OC1(CNC2CCOC2)CCSCC1. The van der Waals surface area contributed by atoms with Crippen molar-refractivity contribution in [3.8, 4) is 0 Å². The van der Waals surface area contributed by atoms with Crippen molar-refractivity contribution >= 4 is 11.8 Å². The molecule has 0 radical (unpaired) electrons. The summed E-state index contributed by atoms with van der Waals surface area (Å²) in [5.41, 5.74) is -0.451. The van der Waals surface area contributed by atoms with Crippen LogP contribution in [0.15, 0.2) is 0 Å². The van der Waals surface area contributed by atoms with Crippen LogP contribution < -0.4 is 5.32 Å². The second kappa shape index (κ2) is 4.84. The molecule has 2 aliphatic heterocycles. The van der Waals surface area contributed by atoms with Gasteiger partial charge in [0.2, 0.25) is 0 Å². The molecule has 2 aliphatic rings. The Balaban J connectivity index is 1.72. The second-order valence-corrected chi connectivity index (χ2v) is 5.50. The Morgan fingerprint density at radius 3 is 2.86 bits per heavy atom. The Kier molecular flexibility index (Phi) is 3.71. The van der Waals surface area contributed by atoms with Gasteiger partial charge in [-0.2, -0.15) is 11.8 Å². The quantitative estimate of drug-likeness (QED) is 0.727. The highest BCUT2D eigenvalue weighted by molar-refractivity contribution is 7.99. The van der Waals surface area contributed by atoms with E-state index in [1.165, 1.54) is 0 Å². The molecular formula is C10H19NO2S. The first-order valence-corrected chi connectivity index (χ1v) is 6.55. The third-order valence-corrected chi connectivity index (χ3v) is 4.06. The van der Waals surface area contributed by atoms with Crippen LogP contribution in [0.1, 0.15) is 19.3 Å². The van der Waals surface area contributed by atoms with Gasteiger partial charge in [0.15, 0.2) is 0 Å². The molecule has 1 atom stereocenters. The normalized spacial score (nSPS) is 31.9. The number of thioether (sulfide) groups is 1. The minimum atomic E-state index is -0.451. The van der Waals surface area contributed by atoms with Crippen LogP contribution in [0, 0.1) is 0 Å². The summed E-state index contributed by atoms with van der Waals surface area (Å²) in [6.07, 6.45) is 2.95. The van der Waals surface area contributed by atoms with Gasteiger partial charge in [-0.05, 0) is 30.8 Å². The van der Waals surface area contributed by atoms with E-state index in [1.807, 2.05) is 11.8 Å². The minimum Gasteiger partial charge on any atom is -0.389 e. The zero-order valence-corrected chi connectivity index (χ0v) is 9.31. The molecule has 3 nitrogen and oxygen atoms in total. The minimum absolute atomic E-state index is 0.451. The van der Waals surface area contributed by atoms with Crippen LogP contribution in [0.25, 0.3) is 0 Å².